The minimum atomic E-state index is -0.0512. The van der Waals surface area contributed by atoms with E-state index >= 15 is 0 Å². The molecule has 0 aromatic heterocycles. The maximum Gasteiger partial charge on any atom is 0.147 e. The zero-order valence-corrected chi connectivity index (χ0v) is 8.33. The summed E-state index contributed by atoms with van der Waals surface area (Å²) in [5, 5.41) is 3.04. The number of aryl methyl sites for hydroxylation is 1. The van der Waals surface area contributed by atoms with E-state index in [0.29, 0.717) is 6.54 Å². The fourth-order valence-corrected chi connectivity index (χ4v) is 1.29. The third kappa shape index (κ3) is 4.77. The Morgan fingerprint density at radius 3 is 2.64 bits per heavy atom. The van der Waals surface area contributed by atoms with Crippen LogP contribution in [0.15, 0.2) is 30.3 Å². The Labute approximate surface area is 85.3 Å². The van der Waals surface area contributed by atoms with Crippen LogP contribution in [0.1, 0.15) is 12.0 Å². The predicted molar refractivity (Wildman–Crippen MR) is 58.0 cm³/mol. The highest BCUT2D eigenvalue weighted by Gasteiger charge is 1.93. The minimum Gasteiger partial charge on any atom is -0.310 e. The molecule has 1 N–H and O–H groups in total. The van der Waals surface area contributed by atoms with Gasteiger partial charge in [0, 0.05) is 6.92 Å². The Kier molecular flexibility index (Phi) is 4.94. The maximum atomic E-state index is 10.5. The first kappa shape index (κ1) is 10.9. The van der Waals surface area contributed by atoms with E-state index in [2.05, 4.69) is 24.4 Å². The van der Waals surface area contributed by atoms with E-state index in [9.17, 15) is 4.79 Å². The van der Waals surface area contributed by atoms with E-state index in [-0.39, 0.29) is 5.78 Å². The van der Waals surface area contributed by atoms with Crippen molar-refractivity contribution in [3.8, 4) is 0 Å². The van der Waals surface area contributed by atoms with E-state index in [4.69, 9.17) is 0 Å². The van der Waals surface area contributed by atoms with Gasteiger partial charge in [0.15, 0.2) is 0 Å². The van der Waals surface area contributed by atoms with Gasteiger partial charge in [0.1, 0.15) is 5.78 Å². The molecule has 0 fully saturated rings. The van der Waals surface area contributed by atoms with Crippen molar-refractivity contribution in [3.63, 3.8) is 0 Å². The molecule has 2 nitrogen and oxygen atoms in total. The van der Waals surface area contributed by atoms with Crippen LogP contribution in [-0.2, 0) is 11.2 Å². The number of nitrogens with one attached hydrogen (secondary N) is 1. The summed E-state index contributed by atoms with van der Waals surface area (Å²) in [4.78, 5) is 10.5. The van der Waals surface area contributed by atoms with E-state index in [1.165, 1.54) is 5.56 Å². The SMILES string of the molecule is [CH2]C(=O)CNCCCc1ccccc1. The van der Waals surface area contributed by atoms with Crippen LogP contribution in [0.3, 0.4) is 0 Å². The molecule has 0 heterocycles. The monoisotopic (exact) mass is 190 g/mol. The van der Waals surface area contributed by atoms with Crippen molar-refractivity contribution in [3.05, 3.63) is 42.8 Å². The lowest BCUT2D eigenvalue weighted by atomic mass is 10.1. The van der Waals surface area contributed by atoms with Gasteiger partial charge in [-0.15, -0.1) is 0 Å². The Morgan fingerprint density at radius 2 is 2.00 bits per heavy atom. The van der Waals surface area contributed by atoms with Gasteiger partial charge in [0.2, 0.25) is 0 Å². The third-order valence-electron chi connectivity index (χ3n) is 1.98. The van der Waals surface area contributed by atoms with Crippen LogP contribution in [0.5, 0.6) is 0 Å². The average molecular weight is 190 g/mol. The maximum absolute atomic E-state index is 10.5. The summed E-state index contributed by atoms with van der Waals surface area (Å²) in [6.07, 6.45) is 2.11. The summed E-state index contributed by atoms with van der Waals surface area (Å²) >= 11 is 0. The highest BCUT2D eigenvalue weighted by Crippen LogP contribution is 2.01. The Balaban J connectivity index is 2.08. The van der Waals surface area contributed by atoms with Crippen molar-refractivity contribution in [1.29, 1.82) is 0 Å². The van der Waals surface area contributed by atoms with Crippen molar-refractivity contribution >= 4 is 5.78 Å². The highest BCUT2D eigenvalue weighted by molar-refractivity contribution is 5.84. The predicted octanol–water partition coefficient (Wildman–Crippen LogP) is 1.61. The molecule has 0 saturated carbocycles. The molecule has 1 radical (unpaired) electrons. The molecule has 2 heteroatoms. The van der Waals surface area contributed by atoms with E-state index < -0.39 is 0 Å². The van der Waals surface area contributed by atoms with E-state index in [1.54, 1.807) is 0 Å². The van der Waals surface area contributed by atoms with Crippen molar-refractivity contribution < 1.29 is 4.79 Å². The Hall–Kier alpha value is -1.15. The van der Waals surface area contributed by atoms with Crippen LogP contribution in [0.4, 0.5) is 0 Å². The molecule has 0 spiro atoms. The molecule has 0 aliphatic heterocycles. The smallest absolute Gasteiger partial charge is 0.147 e. The number of benzene rings is 1. The van der Waals surface area contributed by atoms with Gasteiger partial charge in [-0.25, -0.2) is 0 Å². The van der Waals surface area contributed by atoms with Gasteiger partial charge in [0.25, 0.3) is 0 Å². The molecular weight excluding hydrogens is 174 g/mol. The second kappa shape index (κ2) is 6.33. The number of carbonyl (C=O) groups is 1. The largest absolute Gasteiger partial charge is 0.310 e. The summed E-state index contributed by atoms with van der Waals surface area (Å²) < 4.78 is 0. The lowest BCUT2D eigenvalue weighted by Gasteiger charge is -2.02. The first-order valence-corrected chi connectivity index (χ1v) is 4.88. The Morgan fingerprint density at radius 1 is 1.29 bits per heavy atom. The molecular formula is C12H16NO. The quantitative estimate of drug-likeness (QED) is 0.690. The molecule has 0 aliphatic carbocycles. The molecule has 0 saturated heterocycles. The molecule has 14 heavy (non-hydrogen) atoms. The lowest BCUT2D eigenvalue weighted by molar-refractivity contribution is -0.114. The van der Waals surface area contributed by atoms with Crippen LogP contribution in [0.25, 0.3) is 0 Å². The second-order valence-electron chi connectivity index (χ2n) is 3.30. The topological polar surface area (TPSA) is 29.1 Å². The molecule has 1 aromatic rings. The molecule has 1 rings (SSSR count). The van der Waals surface area contributed by atoms with Gasteiger partial charge in [0.05, 0.1) is 6.54 Å². The molecule has 0 atom stereocenters. The number of rotatable bonds is 6. The summed E-state index contributed by atoms with van der Waals surface area (Å²) in [7, 11) is 0. The first-order chi connectivity index (χ1) is 6.79. The lowest BCUT2D eigenvalue weighted by Crippen LogP contribution is -2.22. The summed E-state index contributed by atoms with van der Waals surface area (Å²) in [5.41, 5.74) is 1.34. The zero-order valence-electron chi connectivity index (χ0n) is 8.33. The number of Topliss-reactive ketones (excluding diaryl/α,β-unsaturated/α-hetero) is 1. The number of hydrogen-bond acceptors (Lipinski definition) is 2. The summed E-state index contributed by atoms with van der Waals surface area (Å²) in [6.45, 7) is 4.55. The van der Waals surface area contributed by atoms with Gasteiger partial charge >= 0.3 is 0 Å². The van der Waals surface area contributed by atoms with Gasteiger partial charge in [-0.3, -0.25) is 4.79 Å². The number of ketones is 1. The van der Waals surface area contributed by atoms with Gasteiger partial charge < -0.3 is 5.32 Å². The van der Waals surface area contributed by atoms with Crippen LogP contribution in [0.2, 0.25) is 0 Å². The fourth-order valence-electron chi connectivity index (χ4n) is 1.29. The number of carbonyl (C=O) groups excluding carboxylic acids is 1. The van der Waals surface area contributed by atoms with Crippen molar-refractivity contribution in [2.45, 2.75) is 12.8 Å². The molecule has 0 bridgehead atoms. The molecule has 0 aliphatic rings. The van der Waals surface area contributed by atoms with Crippen LogP contribution < -0.4 is 5.32 Å². The highest BCUT2D eigenvalue weighted by atomic mass is 16.1. The van der Waals surface area contributed by atoms with Crippen molar-refractivity contribution in [2.24, 2.45) is 0 Å². The third-order valence-corrected chi connectivity index (χ3v) is 1.98. The average Bonchev–Trinajstić information content (AvgIpc) is 2.18. The van der Waals surface area contributed by atoms with Gasteiger partial charge in [-0.2, -0.15) is 0 Å². The van der Waals surface area contributed by atoms with Crippen LogP contribution in [-0.4, -0.2) is 18.9 Å². The zero-order chi connectivity index (χ0) is 10.2. The minimum absolute atomic E-state index is 0.0512. The first-order valence-electron chi connectivity index (χ1n) is 4.88. The van der Waals surface area contributed by atoms with E-state index in [0.717, 1.165) is 19.4 Å². The summed E-state index contributed by atoms with van der Waals surface area (Å²) in [6, 6.07) is 10.3. The summed E-state index contributed by atoms with van der Waals surface area (Å²) in [5.74, 6) is -0.0512. The molecule has 1 aromatic carbocycles. The Bertz CT molecular complexity index is 269. The molecule has 75 valence electrons. The normalized spacial score (nSPS) is 10.1. The standard InChI is InChI=1S/C12H16NO/c1-11(14)10-13-9-5-8-12-6-3-2-4-7-12/h2-4,6-7,13H,1,5,8-10H2. The van der Waals surface area contributed by atoms with Crippen molar-refractivity contribution in [1.82, 2.24) is 5.32 Å². The van der Waals surface area contributed by atoms with Crippen LogP contribution >= 0.6 is 0 Å². The van der Waals surface area contributed by atoms with Crippen LogP contribution in [0, 0.1) is 6.92 Å². The van der Waals surface area contributed by atoms with Crippen molar-refractivity contribution in [2.75, 3.05) is 13.1 Å². The van der Waals surface area contributed by atoms with E-state index in [1.807, 2.05) is 18.2 Å². The molecule has 0 unspecified atom stereocenters. The second-order valence-corrected chi connectivity index (χ2v) is 3.30. The fraction of sp³-hybridized carbons (Fsp3) is 0.333. The van der Waals surface area contributed by atoms with Gasteiger partial charge in [-0.1, -0.05) is 30.3 Å². The number of hydrogen-bond donors (Lipinski definition) is 1. The molecule has 0 amide bonds. The van der Waals surface area contributed by atoms with Gasteiger partial charge in [-0.05, 0) is 24.9 Å².